The lowest BCUT2D eigenvalue weighted by Gasteiger charge is -2.43. The number of ether oxygens (including phenoxy) is 1. The van der Waals surface area contributed by atoms with Crippen molar-refractivity contribution >= 4 is 5.91 Å². The SMILES string of the molecule is O=C(c1ccnc(F)c1)N1CCOC2CCCCC21. The maximum atomic E-state index is 13.1. The standard InChI is InChI=1S/C14H17FN2O2/c15-13-9-10(5-6-16-13)14(18)17-7-8-19-12-4-2-1-3-11(12)17/h5-6,9,11-12H,1-4,7-8H2. The summed E-state index contributed by atoms with van der Waals surface area (Å²) in [4.78, 5) is 17.8. The molecule has 1 amide bonds. The molecule has 0 aromatic carbocycles. The topological polar surface area (TPSA) is 42.4 Å². The molecule has 0 N–H and O–H groups in total. The van der Waals surface area contributed by atoms with E-state index >= 15 is 0 Å². The van der Waals surface area contributed by atoms with Gasteiger partial charge in [0.1, 0.15) is 0 Å². The molecule has 0 radical (unpaired) electrons. The maximum Gasteiger partial charge on any atom is 0.254 e. The largest absolute Gasteiger partial charge is 0.374 e. The third kappa shape index (κ3) is 2.47. The van der Waals surface area contributed by atoms with E-state index in [1.165, 1.54) is 12.3 Å². The van der Waals surface area contributed by atoms with Crippen LogP contribution in [-0.4, -0.2) is 41.1 Å². The van der Waals surface area contributed by atoms with Gasteiger partial charge in [0.2, 0.25) is 5.95 Å². The molecule has 1 aliphatic heterocycles. The van der Waals surface area contributed by atoms with Gasteiger partial charge in [0.15, 0.2) is 0 Å². The molecule has 3 rings (SSSR count). The average molecular weight is 264 g/mol. The Kier molecular flexibility index (Phi) is 3.46. The van der Waals surface area contributed by atoms with E-state index in [-0.39, 0.29) is 18.1 Å². The zero-order chi connectivity index (χ0) is 13.2. The van der Waals surface area contributed by atoms with Crippen molar-refractivity contribution in [2.45, 2.75) is 37.8 Å². The van der Waals surface area contributed by atoms with Gasteiger partial charge in [-0.15, -0.1) is 0 Å². The summed E-state index contributed by atoms with van der Waals surface area (Å²) in [6.45, 7) is 1.16. The molecule has 0 spiro atoms. The second-order valence-corrected chi connectivity index (χ2v) is 5.13. The fourth-order valence-corrected chi connectivity index (χ4v) is 3.05. The number of aromatic nitrogens is 1. The highest BCUT2D eigenvalue weighted by Crippen LogP contribution is 2.29. The molecule has 5 heteroatoms. The Bertz CT molecular complexity index is 478. The highest BCUT2D eigenvalue weighted by molar-refractivity contribution is 5.94. The molecule has 2 aliphatic rings. The zero-order valence-electron chi connectivity index (χ0n) is 10.7. The van der Waals surface area contributed by atoms with Crippen LogP contribution in [0.1, 0.15) is 36.0 Å². The second kappa shape index (κ2) is 5.25. The van der Waals surface area contributed by atoms with Crippen molar-refractivity contribution in [3.63, 3.8) is 0 Å². The van der Waals surface area contributed by atoms with E-state index < -0.39 is 5.95 Å². The zero-order valence-corrected chi connectivity index (χ0v) is 10.7. The molecule has 4 nitrogen and oxygen atoms in total. The summed E-state index contributed by atoms with van der Waals surface area (Å²) < 4.78 is 18.9. The monoisotopic (exact) mass is 264 g/mol. The first-order valence-corrected chi connectivity index (χ1v) is 6.80. The average Bonchev–Trinajstić information content (AvgIpc) is 2.46. The predicted molar refractivity (Wildman–Crippen MR) is 67.2 cm³/mol. The van der Waals surface area contributed by atoms with Crippen LogP contribution in [0, 0.1) is 5.95 Å². The molecular formula is C14H17FN2O2. The molecule has 102 valence electrons. The minimum atomic E-state index is -0.612. The van der Waals surface area contributed by atoms with Gasteiger partial charge in [-0.3, -0.25) is 4.79 Å². The van der Waals surface area contributed by atoms with Gasteiger partial charge in [-0.2, -0.15) is 4.39 Å². The summed E-state index contributed by atoms with van der Waals surface area (Å²) in [5.41, 5.74) is 0.374. The number of amides is 1. The quantitative estimate of drug-likeness (QED) is 0.729. The minimum absolute atomic E-state index is 0.110. The van der Waals surface area contributed by atoms with E-state index in [4.69, 9.17) is 4.74 Å². The van der Waals surface area contributed by atoms with Crippen LogP contribution in [0.3, 0.4) is 0 Å². The highest BCUT2D eigenvalue weighted by atomic mass is 19.1. The molecule has 2 heterocycles. The fraction of sp³-hybridized carbons (Fsp3) is 0.571. The number of morpholine rings is 1. The lowest BCUT2D eigenvalue weighted by molar-refractivity contribution is -0.0752. The van der Waals surface area contributed by atoms with Crippen LogP contribution in [0.25, 0.3) is 0 Å². The van der Waals surface area contributed by atoms with Crippen molar-refractivity contribution in [3.8, 4) is 0 Å². The van der Waals surface area contributed by atoms with Gasteiger partial charge in [0.05, 0.1) is 18.8 Å². The Morgan fingerprint density at radius 1 is 1.42 bits per heavy atom. The highest BCUT2D eigenvalue weighted by Gasteiger charge is 2.36. The number of hydrogen-bond donors (Lipinski definition) is 0. The Morgan fingerprint density at radius 3 is 3.11 bits per heavy atom. The third-order valence-electron chi connectivity index (χ3n) is 3.97. The van der Waals surface area contributed by atoms with Gasteiger partial charge >= 0.3 is 0 Å². The summed E-state index contributed by atoms with van der Waals surface area (Å²) in [7, 11) is 0. The molecule has 0 bridgehead atoms. The third-order valence-corrected chi connectivity index (χ3v) is 3.97. The summed E-state index contributed by atoms with van der Waals surface area (Å²) >= 11 is 0. The van der Waals surface area contributed by atoms with Gasteiger partial charge in [-0.05, 0) is 18.9 Å². The molecule has 1 aromatic rings. The number of fused-ring (bicyclic) bond motifs is 1. The van der Waals surface area contributed by atoms with Crippen molar-refractivity contribution in [3.05, 3.63) is 29.8 Å². The lowest BCUT2D eigenvalue weighted by atomic mass is 9.90. The second-order valence-electron chi connectivity index (χ2n) is 5.13. The number of nitrogens with zero attached hydrogens (tertiary/aromatic N) is 2. The number of carbonyl (C=O) groups is 1. The molecule has 1 aromatic heterocycles. The molecule has 2 unspecified atom stereocenters. The van der Waals surface area contributed by atoms with Crippen molar-refractivity contribution in [1.29, 1.82) is 0 Å². The number of rotatable bonds is 1. The molecular weight excluding hydrogens is 247 g/mol. The molecule has 1 saturated heterocycles. The molecule has 19 heavy (non-hydrogen) atoms. The van der Waals surface area contributed by atoms with Crippen LogP contribution in [0.15, 0.2) is 18.3 Å². The molecule has 2 fully saturated rings. The maximum absolute atomic E-state index is 13.1. The smallest absolute Gasteiger partial charge is 0.254 e. The van der Waals surface area contributed by atoms with Crippen LogP contribution < -0.4 is 0 Å². The Labute approximate surface area is 111 Å². The first-order valence-electron chi connectivity index (χ1n) is 6.80. The summed E-state index contributed by atoms with van der Waals surface area (Å²) in [6.07, 6.45) is 5.76. The summed E-state index contributed by atoms with van der Waals surface area (Å²) in [5, 5.41) is 0. The first-order chi connectivity index (χ1) is 9.25. The van der Waals surface area contributed by atoms with Gasteiger partial charge in [-0.25, -0.2) is 4.98 Å². The van der Waals surface area contributed by atoms with E-state index in [1.54, 1.807) is 6.07 Å². The molecule has 2 atom stereocenters. The van der Waals surface area contributed by atoms with Gasteiger partial charge in [0.25, 0.3) is 5.91 Å². The normalized spacial score (nSPS) is 26.9. The van der Waals surface area contributed by atoms with Crippen molar-refractivity contribution in [1.82, 2.24) is 9.88 Å². The first kappa shape index (κ1) is 12.5. The van der Waals surface area contributed by atoms with Gasteiger partial charge in [0, 0.05) is 24.4 Å². The number of hydrogen-bond acceptors (Lipinski definition) is 3. The van der Waals surface area contributed by atoms with E-state index in [0.29, 0.717) is 18.7 Å². The minimum Gasteiger partial charge on any atom is -0.374 e. The van der Waals surface area contributed by atoms with Gasteiger partial charge in [-0.1, -0.05) is 12.8 Å². The summed E-state index contributed by atoms with van der Waals surface area (Å²) in [5.74, 6) is -0.721. The van der Waals surface area contributed by atoms with Crippen LogP contribution in [0.2, 0.25) is 0 Å². The Hall–Kier alpha value is -1.49. The van der Waals surface area contributed by atoms with Crippen LogP contribution in [0.4, 0.5) is 4.39 Å². The van der Waals surface area contributed by atoms with Crippen molar-refractivity contribution < 1.29 is 13.9 Å². The van der Waals surface area contributed by atoms with Crippen LogP contribution in [0.5, 0.6) is 0 Å². The number of halogens is 1. The van der Waals surface area contributed by atoms with E-state index in [1.807, 2.05) is 4.90 Å². The number of pyridine rings is 1. The van der Waals surface area contributed by atoms with E-state index in [2.05, 4.69) is 4.98 Å². The Morgan fingerprint density at radius 2 is 2.26 bits per heavy atom. The van der Waals surface area contributed by atoms with Crippen molar-refractivity contribution in [2.24, 2.45) is 0 Å². The van der Waals surface area contributed by atoms with E-state index in [9.17, 15) is 9.18 Å². The number of carbonyl (C=O) groups excluding carboxylic acids is 1. The Balaban J connectivity index is 1.82. The van der Waals surface area contributed by atoms with Crippen LogP contribution in [-0.2, 0) is 4.74 Å². The summed E-state index contributed by atoms with van der Waals surface area (Å²) in [6, 6.07) is 2.92. The van der Waals surface area contributed by atoms with Crippen molar-refractivity contribution in [2.75, 3.05) is 13.2 Å². The molecule has 1 aliphatic carbocycles. The van der Waals surface area contributed by atoms with E-state index in [0.717, 1.165) is 25.7 Å². The predicted octanol–water partition coefficient (Wildman–Crippen LogP) is 2.00. The van der Waals surface area contributed by atoms with Crippen LogP contribution >= 0.6 is 0 Å². The molecule has 1 saturated carbocycles. The lowest BCUT2D eigenvalue weighted by Crippen LogP contribution is -2.54. The van der Waals surface area contributed by atoms with Gasteiger partial charge < -0.3 is 9.64 Å². The fourth-order valence-electron chi connectivity index (χ4n) is 3.05.